The number of tetrazole rings is 1. The van der Waals surface area contributed by atoms with Crippen LogP contribution in [0, 0.1) is 0 Å². The van der Waals surface area contributed by atoms with Crippen LogP contribution >= 0.6 is 0 Å². The van der Waals surface area contributed by atoms with Crippen molar-refractivity contribution in [3.63, 3.8) is 0 Å². The van der Waals surface area contributed by atoms with E-state index in [0.29, 0.717) is 30.9 Å². The molecule has 1 unspecified atom stereocenters. The number of amides is 1. The van der Waals surface area contributed by atoms with Crippen LogP contribution in [-0.2, 0) is 28.0 Å². The standard InChI is InChI=1S/C26H27N7O3/c1-4-7-22-27-21-14-15-32(16(2)34)26(3,25(35)36)23(21)33(22)18-12-10-17(11-13-18)19-8-5-6-9-20(19)24-28-30-31-29-24/h5-6,8-13H,4,7,14-15H2,1-3H3,(H,35,36)(H,28,29,30,31). The van der Waals surface area contributed by atoms with E-state index in [1.165, 1.54) is 11.8 Å². The number of aliphatic carboxylic acids is 1. The van der Waals surface area contributed by atoms with Crippen LogP contribution in [0.4, 0.5) is 0 Å². The van der Waals surface area contributed by atoms with Gasteiger partial charge >= 0.3 is 5.97 Å². The zero-order valence-corrected chi connectivity index (χ0v) is 20.4. The fraction of sp³-hybridized carbons (Fsp3) is 0.308. The van der Waals surface area contributed by atoms with Crippen molar-refractivity contribution in [2.24, 2.45) is 0 Å². The Morgan fingerprint density at radius 3 is 2.44 bits per heavy atom. The molecule has 0 radical (unpaired) electrons. The number of hydrogen-bond donors (Lipinski definition) is 2. The zero-order chi connectivity index (χ0) is 25.4. The molecule has 2 N–H and O–H groups in total. The van der Waals surface area contributed by atoms with Crippen LogP contribution in [0.2, 0.25) is 0 Å². The third-order valence-electron chi connectivity index (χ3n) is 6.83. The fourth-order valence-corrected chi connectivity index (χ4v) is 5.12. The minimum absolute atomic E-state index is 0.274. The lowest BCUT2D eigenvalue weighted by Gasteiger charge is -2.41. The van der Waals surface area contributed by atoms with E-state index in [9.17, 15) is 14.7 Å². The van der Waals surface area contributed by atoms with Crippen molar-refractivity contribution in [2.45, 2.75) is 45.6 Å². The predicted octanol–water partition coefficient (Wildman–Crippen LogP) is 3.38. The summed E-state index contributed by atoms with van der Waals surface area (Å²) in [7, 11) is 0. The van der Waals surface area contributed by atoms with Gasteiger partial charge in [0.05, 0.1) is 11.4 Å². The van der Waals surface area contributed by atoms with Crippen LogP contribution in [0.25, 0.3) is 28.2 Å². The molecule has 0 aliphatic carbocycles. The molecule has 0 bridgehead atoms. The normalized spacial score (nSPS) is 17.1. The van der Waals surface area contributed by atoms with Crippen LogP contribution in [0.3, 0.4) is 0 Å². The number of aromatic amines is 1. The molecule has 2 aromatic carbocycles. The lowest BCUT2D eigenvalue weighted by molar-refractivity contribution is -0.159. The minimum atomic E-state index is -1.52. The summed E-state index contributed by atoms with van der Waals surface area (Å²) in [5.41, 5.74) is 3.34. The van der Waals surface area contributed by atoms with Gasteiger partial charge in [0, 0.05) is 37.6 Å². The average Bonchev–Trinajstić information content (AvgIpc) is 3.53. The van der Waals surface area contributed by atoms with Crippen molar-refractivity contribution in [2.75, 3.05) is 6.54 Å². The maximum absolute atomic E-state index is 12.6. The van der Waals surface area contributed by atoms with Crippen molar-refractivity contribution >= 4 is 11.9 Å². The molecule has 0 saturated carbocycles. The van der Waals surface area contributed by atoms with E-state index in [2.05, 4.69) is 27.5 Å². The Morgan fingerprint density at radius 1 is 1.11 bits per heavy atom. The van der Waals surface area contributed by atoms with Crippen molar-refractivity contribution in [3.05, 3.63) is 65.7 Å². The molecular weight excluding hydrogens is 458 g/mol. The summed E-state index contributed by atoms with van der Waals surface area (Å²) >= 11 is 0. The Labute approximate surface area is 208 Å². The molecule has 3 heterocycles. The largest absolute Gasteiger partial charge is 0.479 e. The van der Waals surface area contributed by atoms with E-state index in [4.69, 9.17) is 4.98 Å². The second-order valence-electron chi connectivity index (χ2n) is 9.05. The van der Waals surface area contributed by atoms with Crippen LogP contribution in [0.15, 0.2) is 48.5 Å². The monoisotopic (exact) mass is 485 g/mol. The van der Waals surface area contributed by atoms with Gasteiger partial charge in [0.1, 0.15) is 5.82 Å². The molecule has 1 amide bonds. The molecule has 0 saturated heterocycles. The quantitative estimate of drug-likeness (QED) is 0.428. The first kappa shape index (κ1) is 23.4. The van der Waals surface area contributed by atoms with Gasteiger partial charge in [0.2, 0.25) is 5.91 Å². The summed E-state index contributed by atoms with van der Waals surface area (Å²) in [6, 6.07) is 15.7. The molecular formula is C26H27N7O3. The van der Waals surface area contributed by atoms with Crippen LogP contribution in [0.5, 0.6) is 0 Å². The van der Waals surface area contributed by atoms with E-state index in [0.717, 1.165) is 40.3 Å². The smallest absolute Gasteiger partial charge is 0.335 e. The van der Waals surface area contributed by atoms with E-state index in [1.54, 1.807) is 6.92 Å². The number of nitrogens with zero attached hydrogens (tertiary/aromatic N) is 6. The van der Waals surface area contributed by atoms with Gasteiger partial charge < -0.3 is 10.0 Å². The molecule has 4 aromatic rings. The Bertz CT molecular complexity index is 1430. The highest BCUT2D eigenvalue weighted by molar-refractivity contribution is 5.88. The predicted molar refractivity (Wildman–Crippen MR) is 132 cm³/mol. The maximum atomic E-state index is 12.6. The lowest BCUT2D eigenvalue weighted by Crippen LogP contribution is -2.56. The van der Waals surface area contributed by atoms with Crippen molar-refractivity contribution in [3.8, 4) is 28.2 Å². The van der Waals surface area contributed by atoms with E-state index in [-0.39, 0.29) is 5.91 Å². The summed E-state index contributed by atoms with van der Waals surface area (Å²) in [5.74, 6) is 0.0182. The second-order valence-corrected chi connectivity index (χ2v) is 9.05. The molecule has 10 nitrogen and oxygen atoms in total. The number of carboxylic acid groups (broad SMARTS) is 1. The number of aryl methyl sites for hydroxylation is 1. The molecule has 2 aromatic heterocycles. The SMILES string of the molecule is CCCc1nc2c(n1-c1ccc(-c3ccccc3-c3nnn[nH]3)cc1)C(C)(C(=O)O)N(C(C)=O)CC2. The molecule has 1 atom stereocenters. The number of H-pyrrole nitrogens is 1. The fourth-order valence-electron chi connectivity index (χ4n) is 5.12. The highest BCUT2D eigenvalue weighted by Gasteiger charge is 2.50. The van der Waals surface area contributed by atoms with Crippen molar-refractivity contribution < 1.29 is 14.7 Å². The minimum Gasteiger partial charge on any atom is -0.479 e. The maximum Gasteiger partial charge on any atom is 0.335 e. The van der Waals surface area contributed by atoms with Crippen LogP contribution in [0.1, 0.15) is 44.4 Å². The summed E-state index contributed by atoms with van der Waals surface area (Å²) in [6.07, 6.45) is 2.05. The second kappa shape index (κ2) is 9.03. The topological polar surface area (TPSA) is 130 Å². The molecule has 10 heteroatoms. The highest BCUT2D eigenvalue weighted by atomic mass is 16.4. The number of aromatic nitrogens is 6. The summed E-state index contributed by atoms with van der Waals surface area (Å²) < 4.78 is 1.93. The Hall–Kier alpha value is -4.34. The van der Waals surface area contributed by atoms with Gasteiger partial charge in [-0.05, 0) is 47.0 Å². The third kappa shape index (κ3) is 3.65. The number of hydrogen-bond acceptors (Lipinski definition) is 6. The molecule has 184 valence electrons. The Balaban J connectivity index is 1.65. The van der Waals surface area contributed by atoms with E-state index in [1.807, 2.05) is 53.1 Å². The summed E-state index contributed by atoms with van der Waals surface area (Å²) in [4.78, 5) is 31.4. The number of fused-ring (bicyclic) bond motifs is 1. The van der Waals surface area contributed by atoms with Crippen LogP contribution in [-0.4, -0.2) is 58.6 Å². The first-order valence-electron chi connectivity index (χ1n) is 11.9. The van der Waals surface area contributed by atoms with E-state index >= 15 is 0 Å². The first-order valence-corrected chi connectivity index (χ1v) is 11.9. The van der Waals surface area contributed by atoms with Gasteiger partial charge in [0.25, 0.3) is 0 Å². The van der Waals surface area contributed by atoms with Crippen molar-refractivity contribution in [1.82, 2.24) is 35.1 Å². The van der Waals surface area contributed by atoms with Crippen molar-refractivity contribution in [1.29, 1.82) is 0 Å². The van der Waals surface area contributed by atoms with Gasteiger partial charge in [0.15, 0.2) is 11.4 Å². The summed E-state index contributed by atoms with van der Waals surface area (Å²) in [5, 5.41) is 24.6. The van der Waals surface area contributed by atoms with Crippen LogP contribution < -0.4 is 0 Å². The number of carbonyl (C=O) groups excluding carboxylic acids is 1. The molecule has 0 fully saturated rings. The molecule has 1 aliphatic heterocycles. The highest BCUT2D eigenvalue weighted by Crippen LogP contribution is 2.39. The number of benzene rings is 2. The van der Waals surface area contributed by atoms with Gasteiger partial charge in [-0.15, -0.1) is 5.10 Å². The first-order chi connectivity index (χ1) is 17.4. The lowest BCUT2D eigenvalue weighted by atomic mass is 9.88. The summed E-state index contributed by atoms with van der Waals surface area (Å²) in [6.45, 7) is 5.39. The van der Waals surface area contributed by atoms with Gasteiger partial charge in [-0.2, -0.15) is 0 Å². The number of imidazole rings is 1. The molecule has 0 spiro atoms. The average molecular weight is 486 g/mol. The van der Waals surface area contributed by atoms with Gasteiger partial charge in [-0.1, -0.05) is 43.3 Å². The number of carbonyl (C=O) groups is 2. The zero-order valence-electron chi connectivity index (χ0n) is 20.4. The number of carboxylic acids is 1. The third-order valence-corrected chi connectivity index (χ3v) is 6.83. The molecule has 36 heavy (non-hydrogen) atoms. The number of nitrogens with one attached hydrogen (secondary N) is 1. The Kier molecular flexibility index (Phi) is 5.87. The molecule has 1 aliphatic rings. The van der Waals surface area contributed by atoms with Gasteiger partial charge in [-0.25, -0.2) is 14.9 Å². The Morgan fingerprint density at radius 2 is 1.83 bits per heavy atom. The van der Waals surface area contributed by atoms with Gasteiger partial charge in [-0.3, -0.25) is 9.36 Å². The molecule has 5 rings (SSSR count). The number of rotatable bonds is 6. The van der Waals surface area contributed by atoms with E-state index < -0.39 is 11.5 Å².